The summed E-state index contributed by atoms with van der Waals surface area (Å²) in [4.78, 5) is 61.6. The van der Waals surface area contributed by atoms with Crippen LogP contribution in [0.15, 0.2) is 388 Å². The number of aromatic nitrogens is 12. The van der Waals surface area contributed by atoms with E-state index in [-0.39, 0.29) is 0 Å². The van der Waals surface area contributed by atoms with Gasteiger partial charge in [-0.3, -0.25) is 0 Å². The third-order valence-electron chi connectivity index (χ3n) is 20.0. The average Bonchev–Trinajstić information content (AvgIpc) is 0.746. The van der Waals surface area contributed by atoms with E-state index in [1.807, 2.05) is 170 Å². The van der Waals surface area contributed by atoms with E-state index < -0.39 is 0 Å². The maximum atomic E-state index is 5.22. The Hall–Kier alpha value is -15.4. The van der Waals surface area contributed by atoms with Crippen LogP contribution in [0.2, 0.25) is 0 Å². The lowest BCUT2D eigenvalue weighted by atomic mass is 9.97. The molecular formula is C100H64N12. The van der Waals surface area contributed by atoms with Crippen molar-refractivity contribution in [2.24, 2.45) is 0 Å². The first-order valence-corrected chi connectivity index (χ1v) is 37.1. The highest BCUT2D eigenvalue weighted by Crippen LogP contribution is 2.41. The maximum absolute atomic E-state index is 5.22. The van der Waals surface area contributed by atoms with E-state index >= 15 is 0 Å². The van der Waals surface area contributed by atoms with Crippen molar-refractivity contribution >= 4 is 43.1 Å². The monoisotopic (exact) mass is 1430 g/mol. The van der Waals surface area contributed by atoms with Gasteiger partial charge in [0.1, 0.15) is 0 Å². The molecule has 0 saturated heterocycles. The highest BCUT2D eigenvalue weighted by atomic mass is 15.1. The molecule has 112 heavy (non-hydrogen) atoms. The molecule has 0 aliphatic heterocycles. The fraction of sp³-hybridized carbons (Fsp3) is 0. The summed E-state index contributed by atoms with van der Waals surface area (Å²) in [5, 5.41) is 8.32. The lowest BCUT2D eigenvalue weighted by molar-refractivity contribution is 1.07. The summed E-state index contributed by atoms with van der Waals surface area (Å²) in [5.74, 6) is 7.02. The van der Waals surface area contributed by atoms with Crippen LogP contribution in [-0.2, 0) is 0 Å². The van der Waals surface area contributed by atoms with Crippen molar-refractivity contribution in [2.45, 2.75) is 0 Å². The van der Waals surface area contributed by atoms with E-state index in [0.717, 1.165) is 132 Å². The first-order valence-electron chi connectivity index (χ1n) is 37.1. The lowest BCUT2D eigenvalue weighted by Crippen LogP contribution is -2.03. The molecule has 0 radical (unpaired) electrons. The van der Waals surface area contributed by atoms with E-state index in [4.69, 9.17) is 59.8 Å². The highest BCUT2D eigenvalue weighted by molar-refractivity contribution is 6.07. The summed E-state index contributed by atoms with van der Waals surface area (Å²) in [6, 6.07) is 132. The number of nitrogens with zero attached hydrogens (tertiary/aromatic N) is 12. The zero-order chi connectivity index (χ0) is 74.5. The fourth-order valence-electron chi connectivity index (χ4n) is 14.5. The minimum Gasteiger partial charge on any atom is -0.208 e. The Bertz CT molecular complexity index is 6420. The summed E-state index contributed by atoms with van der Waals surface area (Å²) >= 11 is 0. The van der Waals surface area contributed by atoms with E-state index in [2.05, 4.69) is 218 Å². The van der Waals surface area contributed by atoms with Gasteiger partial charge in [0.15, 0.2) is 69.9 Å². The van der Waals surface area contributed by atoms with Crippen molar-refractivity contribution in [1.82, 2.24) is 59.8 Å². The largest absolute Gasteiger partial charge is 0.208 e. The molecule has 0 saturated carbocycles. The van der Waals surface area contributed by atoms with Gasteiger partial charge >= 0.3 is 0 Å². The first kappa shape index (κ1) is 67.2. The molecule has 20 rings (SSSR count). The van der Waals surface area contributed by atoms with Crippen molar-refractivity contribution in [1.29, 1.82) is 0 Å². The van der Waals surface area contributed by atoms with E-state index in [0.29, 0.717) is 69.9 Å². The van der Waals surface area contributed by atoms with E-state index in [1.54, 1.807) is 0 Å². The summed E-state index contributed by atoms with van der Waals surface area (Å²) in [7, 11) is 0. The third-order valence-corrected chi connectivity index (χ3v) is 20.0. The minimum absolute atomic E-state index is 0.558. The van der Waals surface area contributed by atoms with Gasteiger partial charge in [-0.2, -0.15) is 0 Å². The number of hydrogen-bond donors (Lipinski definition) is 0. The summed E-state index contributed by atoms with van der Waals surface area (Å²) in [5.41, 5.74) is 15.3. The molecule has 0 spiro atoms. The fourth-order valence-corrected chi connectivity index (χ4v) is 14.5. The lowest BCUT2D eigenvalue weighted by Gasteiger charge is -2.14. The third kappa shape index (κ3) is 13.6. The van der Waals surface area contributed by atoms with Crippen LogP contribution >= 0.6 is 0 Å². The topological polar surface area (TPSA) is 155 Å². The molecule has 0 bridgehead atoms. The van der Waals surface area contributed by atoms with Crippen LogP contribution in [0.4, 0.5) is 0 Å². The van der Waals surface area contributed by atoms with Crippen LogP contribution in [0.5, 0.6) is 0 Å². The zero-order valence-electron chi connectivity index (χ0n) is 60.3. The van der Waals surface area contributed by atoms with Gasteiger partial charge in [0, 0.05) is 77.5 Å². The quantitative estimate of drug-likeness (QED) is 0.102. The molecule has 16 aromatic carbocycles. The van der Waals surface area contributed by atoms with Gasteiger partial charge < -0.3 is 0 Å². The highest BCUT2D eigenvalue weighted by Gasteiger charge is 2.24. The van der Waals surface area contributed by atoms with Crippen LogP contribution in [0.1, 0.15) is 0 Å². The van der Waals surface area contributed by atoms with Crippen molar-refractivity contribution in [2.75, 3.05) is 0 Å². The average molecular weight is 1430 g/mol. The van der Waals surface area contributed by atoms with Gasteiger partial charge in [0.05, 0.1) is 0 Å². The molecule has 0 unspecified atom stereocenters. The summed E-state index contributed by atoms with van der Waals surface area (Å²) in [6.45, 7) is 0. The predicted molar refractivity (Wildman–Crippen MR) is 453 cm³/mol. The van der Waals surface area contributed by atoms with Crippen molar-refractivity contribution < 1.29 is 0 Å². The van der Waals surface area contributed by atoms with Gasteiger partial charge in [0.25, 0.3) is 0 Å². The number of benzene rings is 16. The Balaban J connectivity index is 0.000000151. The van der Waals surface area contributed by atoms with Crippen molar-refractivity contribution in [3.8, 4) is 159 Å². The van der Waals surface area contributed by atoms with Crippen LogP contribution in [0.25, 0.3) is 202 Å². The Morgan fingerprint density at radius 3 is 0.554 bits per heavy atom. The van der Waals surface area contributed by atoms with Crippen LogP contribution in [-0.4, -0.2) is 59.8 Å². The van der Waals surface area contributed by atoms with Gasteiger partial charge in [-0.05, 0) is 54.6 Å². The molecule has 0 aliphatic rings. The molecular weight excluding hydrogens is 1370 g/mol. The van der Waals surface area contributed by atoms with Crippen LogP contribution in [0.3, 0.4) is 0 Å². The molecule has 0 fully saturated rings. The molecule has 0 N–H and O–H groups in total. The second-order valence-corrected chi connectivity index (χ2v) is 27.0. The Labute approximate surface area is 646 Å². The van der Waals surface area contributed by atoms with Crippen LogP contribution < -0.4 is 0 Å². The second-order valence-electron chi connectivity index (χ2n) is 27.0. The Kier molecular flexibility index (Phi) is 18.1. The molecule has 12 heteroatoms. The second kappa shape index (κ2) is 30.1. The van der Waals surface area contributed by atoms with Crippen molar-refractivity contribution in [3.63, 3.8) is 0 Å². The van der Waals surface area contributed by atoms with Crippen LogP contribution in [0, 0.1) is 0 Å². The predicted octanol–water partition coefficient (Wildman–Crippen LogP) is 24.1. The number of rotatable bonds is 14. The maximum Gasteiger partial charge on any atom is 0.164 e. The SMILES string of the molecule is c1ccc(-c2ccc(-c3nc(-c4ccccc4)nc(-c4cccc5cccc(-c6nc(-c7ccccc7)nc(-c7ccc(-c8ccccc8)cc7)n6)c45)n3)cc2)cc1.c1ccc(-c2nc(-c3cccc4ccccc34)nc(-c3cccc4cccc(-c5nc(-c6ccccc6)nc(-c6cccc7ccccc67)n5)c34)n2)cc1. The number of hydrogen-bond acceptors (Lipinski definition) is 12. The van der Waals surface area contributed by atoms with Gasteiger partial charge in [-0.25, -0.2) is 59.8 Å². The molecule has 12 nitrogen and oxygen atoms in total. The molecule has 0 aliphatic carbocycles. The molecule has 20 aromatic rings. The van der Waals surface area contributed by atoms with Gasteiger partial charge in [0.2, 0.25) is 0 Å². The van der Waals surface area contributed by atoms with E-state index in [1.165, 1.54) is 0 Å². The standard InChI is InChI=1S/C52H34N6.C48H30N6/c1-5-15-35(16-6-1)37-27-31-42(32-28-37)49-53-47(40-19-9-3-10-20-40)55-51(57-49)44-25-13-23-39-24-14-26-45(46(39)44)52-56-48(41-21-11-4-12-22-41)54-50(58-52)43-33-29-38(30-34-43)36-17-7-2-8-18-36;1-3-17-34(18-4-1)43-49-45(38-27-11-21-31-15-7-9-25-36(31)38)53-47(51-43)40-29-13-23-33-24-14-30-41(42(33)40)48-52-44(35-19-5-2-6-20-35)50-46(54-48)39-28-12-22-32-16-8-10-26-37(32)39/h1-34H;1-30H. The Morgan fingerprint density at radius 2 is 0.277 bits per heavy atom. The van der Waals surface area contributed by atoms with E-state index in [9.17, 15) is 0 Å². The molecule has 4 aromatic heterocycles. The normalized spacial score (nSPS) is 11.2. The molecule has 524 valence electrons. The van der Waals surface area contributed by atoms with Crippen molar-refractivity contribution in [3.05, 3.63) is 388 Å². The zero-order valence-corrected chi connectivity index (χ0v) is 60.3. The number of fused-ring (bicyclic) bond motifs is 4. The summed E-state index contributed by atoms with van der Waals surface area (Å²) in [6.07, 6.45) is 0. The minimum atomic E-state index is 0.558. The summed E-state index contributed by atoms with van der Waals surface area (Å²) < 4.78 is 0. The van der Waals surface area contributed by atoms with Gasteiger partial charge in [-0.15, -0.1) is 0 Å². The molecule has 0 amide bonds. The smallest absolute Gasteiger partial charge is 0.164 e. The molecule has 4 heterocycles. The Morgan fingerprint density at radius 1 is 0.107 bits per heavy atom. The first-order chi connectivity index (χ1) is 55.5. The van der Waals surface area contributed by atoms with Gasteiger partial charge in [-0.1, -0.05) is 388 Å². The molecule has 0 atom stereocenters.